The smallest absolute Gasteiger partial charge is 0.319 e. The van der Waals surface area contributed by atoms with Crippen LogP contribution in [0.15, 0.2) is 42.6 Å². The molecule has 5 heterocycles. The molecule has 7 rings (SSSR count). The number of benzene rings is 2. The van der Waals surface area contributed by atoms with Crippen molar-refractivity contribution in [3.8, 4) is 35.4 Å². The van der Waals surface area contributed by atoms with Crippen molar-refractivity contribution in [2.75, 3.05) is 37.7 Å². The number of aromatic hydroxyl groups is 1. The van der Waals surface area contributed by atoms with Gasteiger partial charge in [-0.15, -0.1) is 6.42 Å². The number of nitrogens with zero attached hydrogens (tertiary/aromatic N) is 5. The zero-order valence-electron chi connectivity index (χ0n) is 24.0. The largest absolute Gasteiger partial charge is 0.508 e. The topological polar surface area (TPSA) is 74.6 Å². The summed E-state index contributed by atoms with van der Waals surface area (Å²) in [5.74, 6) is -2.79. The maximum absolute atomic E-state index is 16.6. The van der Waals surface area contributed by atoms with E-state index in [-0.39, 0.29) is 76.7 Å². The summed E-state index contributed by atoms with van der Waals surface area (Å²) in [5, 5.41) is 11.0. The number of hydrogen-bond donors (Lipinski definition) is 1. The van der Waals surface area contributed by atoms with Gasteiger partial charge in [-0.3, -0.25) is 9.88 Å². The maximum Gasteiger partial charge on any atom is 0.319 e. The van der Waals surface area contributed by atoms with Crippen molar-refractivity contribution in [2.24, 2.45) is 0 Å². The summed E-state index contributed by atoms with van der Waals surface area (Å²) in [6.45, 7) is 0.500. The second-order valence-electron chi connectivity index (χ2n) is 11.9. The molecule has 3 aliphatic heterocycles. The standard InChI is InChI=1S/C33H28F5N5O2/c1-2-22-25(35)7-6-19-12-21(44)13-23(26(19)22)28-27(36)29-24(15-39-28)30(42-10-4-3-9-33(37,38)17-42)41-31(40-29)45-18-32-8-5-11-43(32)16-20(34)14-32/h1,3,6-7,9,12-13,15,20,44H,4-5,8,10-11,14,16-18H2/t20-,32+/m1/s1. The van der Waals surface area contributed by atoms with Crippen LogP contribution in [-0.2, 0) is 0 Å². The molecule has 0 radical (unpaired) electrons. The van der Waals surface area contributed by atoms with E-state index in [1.54, 1.807) is 0 Å². The Hall–Kier alpha value is -4.50. The van der Waals surface area contributed by atoms with Gasteiger partial charge in [-0.1, -0.05) is 18.1 Å². The summed E-state index contributed by atoms with van der Waals surface area (Å²) in [4.78, 5) is 16.5. The maximum atomic E-state index is 16.6. The Labute approximate surface area is 255 Å². The van der Waals surface area contributed by atoms with Crippen LogP contribution in [-0.4, -0.2) is 75.4 Å². The molecule has 12 heteroatoms. The zero-order chi connectivity index (χ0) is 31.5. The highest BCUT2D eigenvalue weighted by Gasteiger charge is 2.49. The summed E-state index contributed by atoms with van der Waals surface area (Å²) in [6, 6.07) is 4.90. The molecule has 1 N–H and O–H groups in total. The van der Waals surface area contributed by atoms with Crippen LogP contribution < -0.4 is 9.64 Å². The van der Waals surface area contributed by atoms with Crippen molar-refractivity contribution in [1.82, 2.24) is 19.9 Å². The fraction of sp³-hybridized carbons (Fsp3) is 0.364. The normalized spacial score (nSPS) is 22.9. The first-order valence-corrected chi connectivity index (χ1v) is 14.7. The molecule has 0 aliphatic carbocycles. The molecule has 2 aromatic carbocycles. The third kappa shape index (κ3) is 5.09. The molecular weight excluding hydrogens is 593 g/mol. The molecule has 4 aromatic rings. The first-order chi connectivity index (χ1) is 21.6. The number of anilines is 1. The predicted molar refractivity (Wildman–Crippen MR) is 159 cm³/mol. The van der Waals surface area contributed by atoms with Crippen LogP contribution in [0.3, 0.4) is 0 Å². The number of fused-ring (bicyclic) bond motifs is 3. The Kier molecular flexibility index (Phi) is 7.04. The molecule has 0 bridgehead atoms. The number of pyridine rings is 1. The number of terminal acetylenes is 1. The van der Waals surface area contributed by atoms with Gasteiger partial charge < -0.3 is 14.7 Å². The van der Waals surface area contributed by atoms with Crippen LogP contribution in [0.2, 0.25) is 0 Å². The van der Waals surface area contributed by atoms with Crippen LogP contribution in [0.1, 0.15) is 31.2 Å². The molecule has 2 fully saturated rings. The van der Waals surface area contributed by atoms with Crippen LogP contribution in [0.4, 0.5) is 27.8 Å². The summed E-state index contributed by atoms with van der Waals surface area (Å²) in [7, 11) is 0. The van der Waals surface area contributed by atoms with Gasteiger partial charge >= 0.3 is 6.01 Å². The first kappa shape index (κ1) is 29.2. The van der Waals surface area contributed by atoms with Gasteiger partial charge in [-0.05, 0) is 55.5 Å². The first-order valence-electron chi connectivity index (χ1n) is 14.7. The van der Waals surface area contributed by atoms with Crippen molar-refractivity contribution in [3.63, 3.8) is 0 Å². The molecule has 0 unspecified atom stereocenters. The van der Waals surface area contributed by atoms with E-state index >= 15 is 4.39 Å². The molecule has 0 spiro atoms. The van der Waals surface area contributed by atoms with Crippen molar-refractivity contribution in [3.05, 3.63) is 59.8 Å². The third-order valence-electron chi connectivity index (χ3n) is 8.95. The minimum Gasteiger partial charge on any atom is -0.508 e. The number of phenolic OH excluding ortho intramolecular Hbond substituents is 1. The summed E-state index contributed by atoms with van der Waals surface area (Å²) < 4.78 is 81.2. The van der Waals surface area contributed by atoms with E-state index in [2.05, 4.69) is 20.9 Å². The molecule has 2 atom stereocenters. The van der Waals surface area contributed by atoms with Crippen LogP contribution in [0.5, 0.6) is 11.8 Å². The quantitative estimate of drug-likeness (QED) is 0.162. The third-order valence-corrected chi connectivity index (χ3v) is 8.95. The predicted octanol–water partition coefficient (Wildman–Crippen LogP) is 6.17. The molecule has 2 saturated heterocycles. The number of hydrogen-bond acceptors (Lipinski definition) is 7. The summed E-state index contributed by atoms with van der Waals surface area (Å²) in [5.41, 5.74) is -1.24. The van der Waals surface area contributed by atoms with E-state index in [9.17, 15) is 22.7 Å². The minimum atomic E-state index is -3.18. The highest BCUT2D eigenvalue weighted by Crippen LogP contribution is 2.42. The monoisotopic (exact) mass is 621 g/mol. The molecule has 0 amide bonds. The molecule has 45 heavy (non-hydrogen) atoms. The fourth-order valence-electron chi connectivity index (χ4n) is 6.97. The number of rotatable bonds is 5. The average molecular weight is 622 g/mol. The fourth-order valence-corrected chi connectivity index (χ4v) is 6.97. The van der Waals surface area contributed by atoms with Crippen LogP contribution >= 0.6 is 0 Å². The minimum absolute atomic E-state index is 0.00279. The van der Waals surface area contributed by atoms with Gasteiger partial charge in [0.2, 0.25) is 0 Å². The second-order valence-corrected chi connectivity index (χ2v) is 11.9. The van der Waals surface area contributed by atoms with Gasteiger partial charge in [0.25, 0.3) is 5.92 Å². The number of phenols is 1. The zero-order valence-corrected chi connectivity index (χ0v) is 24.0. The van der Waals surface area contributed by atoms with Gasteiger partial charge in [0.05, 0.1) is 23.0 Å². The van der Waals surface area contributed by atoms with Crippen molar-refractivity contribution in [1.29, 1.82) is 0 Å². The Morgan fingerprint density at radius 2 is 2.00 bits per heavy atom. The number of aromatic nitrogens is 3. The summed E-state index contributed by atoms with van der Waals surface area (Å²) >= 11 is 0. The van der Waals surface area contributed by atoms with Crippen molar-refractivity contribution >= 4 is 27.5 Å². The van der Waals surface area contributed by atoms with E-state index in [0.717, 1.165) is 25.1 Å². The Morgan fingerprint density at radius 3 is 2.82 bits per heavy atom. The lowest BCUT2D eigenvalue weighted by Gasteiger charge is -2.31. The lowest BCUT2D eigenvalue weighted by Crippen LogP contribution is -2.43. The van der Waals surface area contributed by atoms with Crippen molar-refractivity contribution < 1.29 is 31.8 Å². The number of ether oxygens (including phenoxy) is 1. The molecular formula is C33H28F5N5O2. The van der Waals surface area contributed by atoms with E-state index in [1.807, 2.05) is 4.90 Å². The Balaban J connectivity index is 1.39. The van der Waals surface area contributed by atoms with Gasteiger partial charge in [-0.2, -0.15) is 9.97 Å². The molecule has 232 valence electrons. The van der Waals surface area contributed by atoms with E-state index in [4.69, 9.17) is 11.2 Å². The second kappa shape index (κ2) is 10.8. The van der Waals surface area contributed by atoms with Crippen molar-refractivity contribution in [2.45, 2.75) is 43.3 Å². The van der Waals surface area contributed by atoms with E-state index in [0.29, 0.717) is 18.4 Å². The highest BCUT2D eigenvalue weighted by molar-refractivity contribution is 6.03. The van der Waals surface area contributed by atoms with Crippen LogP contribution in [0.25, 0.3) is 32.9 Å². The Bertz CT molecular complexity index is 1910. The van der Waals surface area contributed by atoms with E-state index in [1.165, 1.54) is 35.4 Å². The SMILES string of the molecule is C#Cc1c(F)ccc2cc(O)cc(-c3ncc4c(N5CCC=CC(F)(F)C5)nc(OC[C@@]56CCCN5C[C@H](F)C6)nc4c3F)c12. The van der Waals surface area contributed by atoms with Gasteiger partial charge in [0.15, 0.2) is 5.82 Å². The molecule has 7 nitrogen and oxygen atoms in total. The summed E-state index contributed by atoms with van der Waals surface area (Å²) in [6.07, 6.45) is 10.2. The van der Waals surface area contributed by atoms with Gasteiger partial charge in [-0.25, -0.2) is 22.0 Å². The lowest BCUT2D eigenvalue weighted by molar-refractivity contribution is 0.0642. The number of halogens is 5. The van der Waals surface area contributed by atoms with Crippen LogP contribution in [0, 0.1) is 24.0 Å². The molecule has 3 aliphatic rings. The number of alkyl halides is 3. The average Bonchev–Trinajstić information content (AvgIpc) is 3.46. The van der Waals surface area contributed by atoms with Gasteiger partial charge in [0, 0.05) is 36.7 Å². The van der Waals surface area contributed by atoms with E-state index < -0.39 is 35.8 Å². The highest BCUT2D eigenvalue weighted by atomic mass is 19.3. The Morgan fingerprint density at radius 1 is 1.16 bits per heavy atom. The molecule has 2 aromatic heterocycles. The molecule has 0 saturated carbocycles. The lowest BCUT2D eigenvalue weighted by atomic mass is 9.95. The van der Waals surface area contributed by atoms with Gasteiger partial charge in [0.1, 0.15) is 41.4 Å².